The molecule has 0 aliphatic rings. The molecular weight excluding hydrogens is 408 g/mol. The second kappa shape index (κ2) is 11.2. The first-order valence-corrected chi connectivity index (χ1v) is 11.1. The fraction of sp³-hybridized carbons (Fsp3) is 0.476. The van der Waals surface area contributed by atoms with Crippen molar-refractivity contribution in [2.45, 2.75) is 33.3 Å². The Morgan fingerprint density at radius 3 is 2.48 bits per heavy atom. The minimum Gasteiger partial charge on any atom is -0.500 e. The average molecular weight is 437 g/mol. The van der Waals surface area contributed by atoms with E-state index in [2.05, 4.69) is 28.9 Å². The number of nitrogens with zero attached hydrogens (tertiary/aromatic N) is 2. The van der Waals surface area contributed by atoms with E-state index in [0.29, 0.717) is 11.7 Å². The summed E-state index contributed by atoms with van der Waals surface area (Å²) < 4.78 is 15.6. The first-order valence-electron chi connectivity index (χ1n) is 9.32. The summed E-state index contributed by atoms with van der Waals surface area (Å²) in [5, 5.41) is 6.10. The largest absolute Gasteiger partial charge is 0.500 e. The molecule has 8 heteroatoms. The average Bonchev–Trinajstić information content (AvgIpc) is 3.35. The zero-order valence-corrected chi connectivity index (χ0v) is 19.3. The van der Waals surface area contributed by atoms with Crippen LogP contribution < -0.4 is 0 Å². The number of aromatic nitrogens is 2. The molecule has 2 rings (SSSR count). The van der Waals surface area contributed by atoms with Gasteiger partial charge < -0.3 is 14.2 Å². The van der Waals surface area contributed by atoms with Crippen LogP contribution in [-0.4, -0.2) is 43.4 Å². The third kappa shape index (κ3) is 6.76. The van der Waals surface area contributed by atoms with E-state index in [1.54, 1.807) is 29.8 Å². The van der Waals surface area contributed by atoms with Crippen molar-refractivity contribution < 1.29 is 19.0 Å². The van der Waals surface area contributed by atoms with Gasteiger partial charge in [-0.15, -0.1) is 22.7 Å². The van der Waals surface area contributed by atoms with Crippen LogP contribution in [0.5, 0.6) is 0 Å². The molecule has 0 aliphatic carbocycles. The van der Waals surface area contributed by atoms with Gasteiger partial charge in [0.1, 0.15) is 16.5 Å². The standard InChI is InChI=1S/C21H28N2O4S2/c1-13(2)9-19-23-16(12-28-19)21-22-15(11-29-21)7-8-17(25-4)14(3)18(26-5)10-20(24)27-6/h7-8,10-14,17H,9H2,1-6H3/b8-7+,18-10+. The van der Waals surface area contributed by atoms with Crippen LogP contribution in [0.15, 0.2) is 28.7 Å². The molecule has 29 heavy (non-hydrogen) atoms. The fourth-order valence-electron chi connectivity index (χ4n) is 2.69. The molecule has 0 radical (unpaired) electrons. The van der Waals surface area contributed by atoms with Crippen molar-refractivity contribution in [1.29, 1.82) is 0 Å². The highest BCUT2D eigenvalue weighted by Gasteiger charge is 2.20. The van der Waals surface area contributed by atoms with Gasteiger partial charge in [-0.2, -0.15) is 0 Å². The monoisotopic (exact) mass is 436 g/mol. The van der Waals surface area contributed by atoms with Gasteiger partial charge in [0.15, 0.2) is 0 Å². The molecule has 0 saturated carbocycles. The predicted octanol–water partition coefficient (Wildman–Crippen LogP) is 4.83. The van der Waals surface area contributed by atoms with E-state index in [9.17, 15) is 4.79 Å². The molecule has 2 atom stereocenters. The van der Waals surface area contributed by atoms with Crippen molar-refractivity contribution in [3.8, 4) is 10.7 Å². The minimum atomic E-state index is -0.461. The quantitative estimate of drug-likeness (QED) is 0.302. The summed E-state index contributed by atoms with van der Waals surface area (Å²) in [5.74, 6) is 0.446. The van der Waals surface area contributed by atoms with E-state index < -0.39 is 5.97 Å². The molecule has 0 aliphatic heterocycles. The van der Waals surface area contributed by atoms with Gasteiger partial charge in [0.05, 0.1) is 37.1 Å². The Morgan fingerprint density at radius 2 is 1.86 bits per heavy atom. The van der Waals surface area contributed by atoms with Crippen LogP contribution in [0.1, 0.15) is 31.5 Å². The lowest BCUT2D eigenvalue weighted by molar-refractivity contribution is -0.135. The Labute approximate surface area is 180 Å². The molecule has 2 heterocycles. The maximum atomic E-state index is 11.5. The maximum Gasteiger partial charge on any atom is 0.333 e. The molecular formula is C21H28N2O4S2. The molecule has 0 spiro atoms. The molecule has 0 fully saturated rings. The number of ether oxygens (including phenoxy) is 3. The van der Waals surface area contributed by atoms with Crippen LogP contribution in [0.4, 0.5) is 0 Å². The Kier molecular flexibility index (Phi) is 9.00. The normalized spacial score (nSPS) is 14.4. The summed E-state index contributed by atoms with van der Waals surface area (Å²) in [5.41, 5.74) is 1.77. The van der Waals surface area contributed by atoms with Gasteiger partial charge in [-0.3, -0.25) is 0 Å². The van der Waals surface area contributed by atoms with Crippen LogP contribution in [0.3, 0.4) is 0 Å². The Bertz CT molecular complexity index is 854. The molecule has 158 valence electrons. The van der Waals surface area contributed by atoms with Crippen LogP contribution in [0, 0.1) is 11.8 Å². The summed E-state index contributed by atoms with van der Waals surface area (Å²) in [4.78, 5) is 20.9. The highest BCUT2D eigenvalue weighted by atomic mass is 32.1. The summed E-state index contributed by atoms with van der Waals surface area (Å²) in [6.45, 7) is 6.31. The molecule has 2 aromatic rings. The van der Waals surface area contributed by atoms with Crippen LogP contribution >= 0.6 is 22.7 Å². The van der Waals surface area contributed by atoms with E-state index in [-0.39, 0.29) is 12.0 Å². The second-order valence-electron chi connectivity index (χ2n) is 6.92. The van der Waals surface area contributed by atoms with Gasteiger partial charge in [-0.1, -0.05) is 26.8 Å². The van der Waals surface area contributed by atoms with Gasteiger partial charge in [0, 0.05) is 30.2 Å². The minimum absolute atomic E-state index is 0.171. The topological polar surface area (TPSA) is 70.5 Å². The van der Waals surface area contributed by atoms with Crippen molar-refractivity contribution in [2.75, 3.05) is 21.3 Å². The lowest BCUT2D eigenvalue weighted by Crippen LogP contribution is -2.21. The number of esters is 1. The van der Waals surface area contributed by atoms with Crippen molar-refractivity contribution in [3.63, 3.8) is 0 Å². The van der Waals surface area contributed by atoms with E-state index in [0.717, 1.165) is 27.8 Å². The molecule has 0 saturated heterocycles. The number of hydrogen-bond donors (Lipinski definition) is 0. The lowest BCUT2D eigenvalue weighted by atomic mass is 10.0. The number of carbonyl (C=O) groups excluding carboxylic acids is 1. The maximum absolute atomic E-state index is 11.5. The number of carbonyl (C=O) groups is 1. The summed E-state index contributed by atoms with van der Waals surface area (Å²) in [6.07, 6.45) is 5.86. The number of thiazole rings is 2. The molecule has 2 aromatic heterocycles. The molecule has 0 aromatic carbocycles. The van der Waals surface area contributed by atoms with Gasteiger partial charge >= 0.3 is 5.97 Å². The Balaban J connectivity index is 2.11. The van der Waals surface area contributed by atoms with Crippen molar-refractivity contribution >= 4 is 34.7 Å². The van der Waals surface area contributed by atoms with Crippen molar-refractivity contribution in [3.05, 3.63) is 39.4 Å². The Morgan fingerprint density at radius 1 is 1.10 bits per heavy atom. The van der Waals surface area contributed by atoms with Gasteiger partial charge in [-0.25, -0.2) is 14.8 Å². The second-order valence-corrected chi connectivity index (χ2v) is 8.72. The fourth-order valence-corrected chi connectivity index (χ4v) is 4.50. The first-order chi connectivity index (χ1) is 13.9. The summed E-state index contributed by atoms with van der Waals surface area (Å²) in [7, 11) is 4.48. The first kappa shape index (κ1) is 23.3. The van der Waals surface area contributed by atoms with Crippen molar-refractivity contribution in [1.82, 2.24) is 9.97 Å². The van der Waals surface area contributed by atoms with E-state index in [4.69, 9.17) is 14.5 Å². The van der Waals surface area contributed by atoms with Crippen LogP contribution in [-0.2, 0) is 25.4 Å². The van der Waals surface area contributed by atoms with Crippen LogP contribution in [0.25, 0.3) is 16.8 Å². The molecule has 0 N–H and O–H groups in total. The van der Waals surface area contributed by atoms with E-state index >= 15 is 0 Å². The molecule has 2 unspecified atom stereocenters. The highest BCUT2D eigenvalue weighted by Crippen LogP contribution is 2.27. The van der Waals surface area contributed by atoms with Gasteiger partial charge in [0.2, 0.25) is 0 Å². The van der Waals surface area contributed by atoms with E-state index in [1.807, 2.05) is 24.5 Å². The van der Waals surface area contributed by atoms with Gasteiger partial charge in [-0.05, 0) is 12.0 Å². The number of rotatable bonds is 10. The van der Waals surface area contributed by atoms with Crippen molar-refractivity contribution in [2.24, 2.45) is 11.8 Å². The number of hydrogen-bond acceptors (Lipinski definition) is 8. The SMILES string of the molecule is COC(=O)/C=C(/OC)C(C)C(/C=C/c1csc(-c2csc(CC(C)C)n2)n1)OC. The molecule has 0 amide bonds. The highest BCUT2D eigenvalue weighted by molar-refractivity contribution is 7.14. The van der Waals surface area contributed by atoms with E-state index in [1.165, 1.54) is 20.3 Å². The third-order valence-electron chi connectivity index (χ3n) is 4.24. The third-order valence-corrected chi connectivity index (χ3v) is 6.00. The smallest absolute Gasteiger partial charge is 0.333 e. The van der Waals surface area contributed by atoms with Crippen LogP contribution in [0.2, 0.25) is 0 Å². The van der Waals surface area contributed by atoms with Gasteiger partial charge in [0.25, 0.3) is 0 Å². The molecule has 0 bridgehead atoms. The predicted molar refractivity (Wildman–Crippen MR) is 118 cm³/mol. The zero-order valence-electron chi connectivity index (χ0n) is 17.7. The summed E-state index contributed by atoms with van der Waals surface area (Å²) in [6, 6.07) is 0. The Hall–Kier alpha value is -2.03. The lowest BCUT2D eigenvalue weighted by Gasteiger charge is -2.21. The molecule has 6 nitrogen and oxygen atoms in total. The zero-order chi connectivity index (χ0) is 21.4. The summed E-state index contributed by atoms with van der Waals surface area (Å²) >= 11 is 3.25. The number of methoxy groups -OCH3 is 3.